The predicted molar refractivity (Wildman–Crippen MR) is 59.6 cm³/mol. The molecule has 0 aliphatic heterocycles. The average molecular weight is 198 g/mol. The van der Waals surface area contributed by atoms with Crippen molar-refractivity contribution in [2.24, 2.45) is 0 Å². The normalized spacial score (nSPS) is 17.3. The standard InChI is InChI=1S/C14H11F/c1-9-6-7-12-13(8-9)10-4-2-3-5-11(10)14(12)15/h2-8,14H,1H3. The van der Waals surface area contributed by atoms with Crippen LogP contribution in [0.25, 0.3) is 11.1 Å². The molecule has 0 saturated carbocycles. The predicted octanol–water partition coefficient (Wildman–Crippen LogP) is 4.03. The van der Waals surface area contributed by atoms with Crippen LogP contribution in [-0.2, 0) is 0 Å². The van der Waals surface area contributed by atoms with Crippen molar-refractivity contribution in [2.45, 2.75) is 13.1 Å². The highest BCUT2D eigenvalue weighted by Gasteiger charge is 2.27. The minimum Gasteiger partial charge on any atom is -0.237 e. The Hall–Kier alpha value is -1.63. The van der Waals surface area contributed by atoms with E-state index >= 15 is 0 Å². The topological polar surface area (TPSA) is 0 Å². The van der Waals surface area contributed by atoms with E-state index in [2.05, 4.69) is 6.07 Å². The van der Waals surface area contributed by atoms with Gasteiger partial charge in [0.2, 0.25) is 0 Å². The number of hydrogen-bond acceptors (Lipinski definition) is 0. The minimum absolute atomic E-state index is 0.804. The van der Waals surface area contributed by atoms with Crippen molar-refractivity contribution in [2.75, 3.05) is 0 Å². The first-order valence-corrected chi connectivity index (χ1v) is 5.11. The molecule has 1 heteroatoms. The Morgan fingerprint density at radius 2 is 1.67 bits per heavy atom. The number of alkyl halides is 1. The Morgan fingerprint density at radius 3 is 2.53 bits per heavy atom. The van der Waals surface area contributed by atoms with Gasteiger partial charge < -0.3 is 0 Å². The molecule has 0 N–H and O–H groups in total. The van der Waals surface area contributed by atoms with Gasteiger partial charge in [-0.3, -0.25) is 0 Å². The van der Waals surface area contributed by atoms with E-state index in [1.54, 1.807) is 0 Å². The van der Waals surface area contributed by atoms with Gasteiger partial charge in [0.25, 0.3) is 0 Å². The fraction of sp³-hybridized carbons (Fsp3) is 0.143. The zero-order valence-corrected chi connectivity index (χ0v) is 8.50. The van der Waals surface area contributed by atoms with Crippen molar-refractivity contribution in [3.63, 3.8) is 0 Å². The Labute approximate surface area is 88.4 Å². The van der Waals surface area contributed by atoms with Crippen LogP contribution in [0.1, 0.15) is 22.9 Å². The molecule has 1 unspecified atom stereocenters. The van der Waals surface area contributed by atoms with Gasteiger partial charge in [0.15, 0.2) is 6.17 Å². The van der Waals surface area contributed by atoms with E-state index < -0.39 is 6.17 Å². The van der Waals surface area contributed by atoms with E-state index in [1.807, 2.05) is 43.3 Å². The Kier molecular flexibility index (Phi) is 1.69. The van der Waals surface area contributed by atoms with E-state index in [1.165, 1.54) is 5.56 Å². The summed E-state index contributed by atoms with van der Waals surface area (Å²) < 4.78 is 14.0. The molecule has 0 nitrogen and oxygen atoms in total. The van der Waals surface area contributed by atoms with Crippen LogP contribution in [0.3, 0.4) is 0 Å². The Bertz CT molecular complexity index is 529. The lowest BCUT2D eigenvalue weighted by Gasteiger charge is -2.02. The second-order valence-electron chi connectivity index (χ2n) is 4.04. The van der Waals surface area contributed by atoms with Gasteiger partial charge in [-0.05, 0) is 29.2 Å². The third kappa shape index (κ3) is 1.13. The van der Waals surface area contributed by atoms with Crippen LogP contribution in [0.2, 0.25) is 0 Å². The lowest BCUT2D eigenvalue weighted by atomic mass is 10.0. The second-order valence-corrected chi connectivity index (χ2v) is 4.04. The van der Waals surface area contributed by atoms with Crippen LogP contribution in [0.5, 0.6) is 0 Å². The third-order valence-corrected chi connectivity index (χ3v) is 3.01. The molecule has 0 fully saturated rings. The van der Waals surface area contributed by atoms with E-state index in [9.17, 15) is 4.39 Å². The maximum Gasteiger partial charge on any atom is 0.151 e. The maximum atomic E-state index is 14.0. The summed E-state index contributed by atoms with van der Waals surface area (Å²) in [5.74, 6) is 0. The van der Waals surface area contributed by atoms with E-state index in [4.69, 9.17) is 0 Å². The Balaban J connectivity index is 2.34. The highest BCUT2D eigenvalue weighted by molar-refractivity contribution is 5.78. The molecule has 0 saturated heterocycles. The van der Waals surface area contributed by atoms with Gasteiger partial charge in [-0.15, -0.1) is 0 Å². The summed E-state index contributed by atoms with van der Waals surface area (Å²) >= 11 is 0. The molecule has 0 radical (unpaired) electrons. The van der Waals surface area contributed by atoms with Crippen molar-refractivity contribution < 1.29 is 4.39 Å². The van der Waals surface area contributed by atoms with E-state index in [0.717, 1.165) is 22.3 Å². The van der Waals surface area contributed by atoms with Crippen molar-refractivity contribution in [1.29, 1.82) is 0 Å². The van der Waals surface area contributed by atoms with Crippen LogP contribution in [0.15, 0.2) is 42.5 Å². The molecule has 0 amide bonds. The first kappa shape index (κ1) is 8.66. The van der Waals surface area contributed by atoms with Gasteiger partial charge in [-0.25, -0.2) is 4.39 Å². The quantitative estimate of drug-likeness (QED) is 0.599. The monoisotopic (exact) mass is 198 g/mol. The molecule has 15 heavy (non-hydrogen) atoms. The van der Waals surface area contributed by atoms with Crippen LogP contribution in [0.4, 0.5) is 4.39 Å². The van der Waals surface area contributed by atoms with Crippen LogP contribution in [-0.4, -0.2) is 0 Å². The summed E-state index contributed by atoms with van der Waals surface area (Å²) in [7, 11) is 0. The minimum atomic E-state index is -0.947. The fourth-order valence-electron chi connectivity index (χ4n) is 2.26. The van der Waals surface area contributed by atoms with Gasteiger partial charge in [0, 0.05) is 0 Å². The first-order chi connectivity index (χ1) is 7.27. The van der Waals surface area contributed by atoms with Gasteiger partial charge in [0.05, 0.1) is 0 Å². The van der Waals surface area contributed by atoms with E-state index in [0.29, 0.717) is 0 Å². The van der Waals surface area contributed by atoms with Gasteiger partial charge in [-0.1, -0.05) is 48.0 Å². The van der Waals surface area contributed by atoms with Crippen molar-refractivity contribution in [1.82, 2.24) is 0 Å². The summed E-state index contributed by atoms with van der Waals surface area (Å²) in [5, 5.41) is 0. The van der Waals surface area contributed by atoms with Gasteiger partial charge in [-0.2, -0.15) is 0 Å². The smallest absolute Gasteiger partial charge is 0.151 e. The molecular weight excluding hydrogens is 187 g/mol. The van der Waals surface area contributed by atoms with Crippen molar-refractivity contribution in [3.8, 4) is 11.1 Å². The molecule has 2 aromatic rings. The maximum absolute atomic E-state index is 14.0. The zero-order chi connectivity index (χ0) is 10.4. The number of aryl methyl sites for hydroxylation is 1. The molecule has 0 bridgehead atoms. The molecule has 0 aromatic heterocycles. The first-order valence-electron chi connectivity index (χ1n) is 5.11. The molecule has 0 spiro atoms. The average Bonchev–Trinajstić information content (AvgIpc) is 2.54. The molecule has 1 aliphatic carbocycles. The van der Waals surface area contributed by atoms with Crippen molar-refractivity contribution >= 4 is 0 Å². The van der Waals surface area contributed by atoms with Crippen LogP contribution < -0.4 is 0 Å². The lowest BCUT2D eigenvalue weighted by molar-refractivity contribution is 0.410. The summed E-state index contributed by atoms with van der Waals surface area (Å²) in [4.78, 5) is 0. The third-order valence-electron chi connectivity index (χ3n) is 3.01. The molecule has 0 heterocycles. The largest absolute Gasteiger partial charge is 0.237 e. The van der Waals surface area contributed by atoms with Gasteiger partial charge in [0.1, 0.15) is 0 Å². The van der Waals surface area contributed by atoms with E-state index in [-0.39, 0.29) is 0 Å². The SMILES string of the molecule is Cc1ccc2c(c1)-c1ccccc1C2F. The number of halogens is 1. The number of hydrogen-bond donors (Lipinski definition) is 0. The lowest BCUT2D eigenvalue weighted by Crippen LogP contribution is -1.86. The summed E-state index contributed by atoms with van der Waals surface area (Å²) in [6.45, 7) is 2.04. The highest BCUT2D eigenvalue weighted by atomic mass is 19.1. The van der Waals surface area contributed by atoms with Gasteiger partial charge >= 0.3 is 0 Å². The van der Waals surface area contributed by atoms with Crippen molar-refractivity contribution in [3.05, 3.63) is 59.2 Å². The molecule has 3 rings (SSSR count). The molecular formula is C14H11F. The summed E-state index contributed by atoms with van der Waals surface area (Å²) in [6, 6.07) is 13.6. The number of rotatable bonds is 0. The molecule has 2 aromatic carbocycles. The molecule has 74 valence electrons. The summed E-state index contributed by atoms with van der Waals surface area (Å²) in [6.07, 6.45) is -0.947. The zero-order valence-electron chi connectivity index (χ0n) is 8.50. The number of fused-ring (bicyclic) bond motifs is 3. The Morgan fingerprint density at radius 1 is 0.933 bits per heavy atom. The highest BCUT2D eigenvalue weighted by Crippen LogP contribution is 2.45. The second kappa shape index (κ2) is 2.93. The van der Waals surface area contributed by atoms with Crippen LogP contribution in [0, 0.1) is 6.92 Å². The molecule has 1 aliphatic rings. The summed E-state index contributed by atoms with van der Waals surface area (Å²) in [5.41, 5.74) is 4.89. The fourth-order valence-corrected chi connectivity index (χ4v) is 2.26. The van der Waals surface area contributed by atoms with Crippen LogP contribution >= 0.6 is 0 Å². The number of benzene rings is 2. The molecule has 1 atom stereocenters.